The van der Waals surface area contributed by atoms with Crippen LogP contribution in [0.3, 0.4) is 0 Å². The highest BCUT2D eigenvalue weighted by Gasteiger charge is 2.76. The number of hydrogen-bond acceptors (Lipinski definition) is 5. The number of aliphatic hydroxyl groups is 1. The van der Waals surface area contributed by atoms with Gasteiger partial charge in [0.15, 0.2) is 0 Å². The van der Waals surface area contributed by atoms with Gasteiger partial charge < -0.3 is 19.8 Å². The van der Waals surface area contributed by atoms with Crippen molar-refractivity contribution in [1.82, 2.24) is 4.90 Å². The summed E-state index contributed by atoms with van der Waals surface area (Å²) < 4.78 is -0.824. The largest absolute Gasteiger partial charge is 0.395 e. The van der Waals surface area contributed by atoms with E-state index in [0.717, 1.165) is 16.5 Å². The minimum atomic E-state index is -0.846. The van der Waals surface area contributed by atoms with Gasteiger partial charge in [-0.05, 0) is 41.5 Å². The number of anilines is 2. The summed E-state index contributed by atoms with van der Waals surface area (Å²) in [7, 11) is 0. The molecule has 0 radical (unpaired) electrons. The molecule has 9 heteroatoms. The Morgan fingerprint density at radius 2 is 1.60 bits per heavy atom. The number of carbonyl (C=O) groups is 3. The minimum absolute atomic E-state index is 0.0152. The molecule has 6 atom stereocenters. The lowest BCUT2D eigenvalue weighted by Gasteiger charge is -2.38. The quantitative estimate of drug-likeness (QED) is 0.244. The Hall–Kier alpha value is -3.40. The molecule has 0 aliphatic carbocycles. The Balaban J connectivity index is 1.42. The first-order valence-electron chi connectivity index (χ1n) is 14.5. The molecule has 7 nitrogen and oxygen atoms in total. The summed E-state index contributed by atoms with van der Waals surface area (Å²) in [6, 6.07) is 22.4. The molecule has 3 aromatic rings. The topological polar surface area (TPSA) is 81.2 Å². The van der Waals surface area contributed by atoms with Crippen LogP contribution in [0.15, 0.2) is 98.1 Å². The van der Waals surface area contributed by atoms with Crippen molar-refractivity contribution in [2.75, 3.05) is 36.0 Å². The Bertz CT molecular complexity index is 1580. The molecule has 3 aliphatic rings. The van der Waals surface area contributed by atoms with Gasteiger partial charge in [0.25, 0.3) is 5.91 Å². The molecule has 3 aliphatic heterocycles. The molecular formula is C34H34BrN3O4S. The van der Waals surface area contributed by atoms with Crippen LogP contribution in [0.1, 0.15) is 6.42 Å². The maximum atomic E-state index is 14.7. The van der Waals surface area contributed by atoms with Crippen LogP contribution in [0.5, 0.6) is 0 Å². The SMILES string of the molecule is C=CCN(C(=O)C1N(CCO)C(=O)[C@@H]2[C@H](C(=O)N(CC=C)c3ccccc3)[C@H]3SC12CC3Br)c1ccc2ccccc2c1. The number of fused-ring (bicyclic) bond motifs is 2. The zero-order valence-corrected chi connectivity index (χ0v) is 26.1. The number of benzene rings is 3. The van der Waals surface area contributed by atoms with E-state index < -0.39 is 22.6 Å². The van der Waals surface area contributed by atoms with Crippen molar-refractivity contribution in [3.05, 3.63) is 98.1 Å². The number of halogens is 1. The third-order valence-corrected chi connectivity index (χ3v) is 12.1. The van der Waals surface area contributed by atoms with Crippen LogP contribution in [0.25, 0.3) is 10.8 Å². The Morgan fingerprint density at radius 1 is 0.953 bits per heavy atom. The summed E-state index contributed by atoms with van der Waals surface area (Å²) >= 11 is 5.43. The highest BCUT2D eigenvalue weighted by Crippen LogP contribution is 2.68. The molecule has 3 aromatic carbocycles. The predicted octanol–water partition coefficient (Wildman–Crippen LogP) is 5.03. The number of para-hydroxylation sites is 1. The van der Waals surface area contributed by atoms with E-state index in [4.69, 9.17) is 0 Å². The second-order valence-electron chi connectivity index (χ2n) is 11.3. The molecule has 43 heavy (non-hydrogen) atoms. The lowest BCUT2D eigenvalue weighted by Crippen LogP contribution is -2.56. The highest BCUT2D eigenvalue weighted by molar-refractivity contribution is 9.09. The number of likely N-dealkylation sites (tertiary alicyclic amines) is 1. The molecule has 0 saturated carbocycles. The summed E-state index contributed by atoms with van der Waals surface area (Å²) in [6.07, 6.45) is 3.93. The number of nitrogens with zero attached hydrogens (tertiary/aromatic N) is 3. The average molecular weight is 661 g/mol. The van der Waals surface area contributed by atoms with Gasteiger partial charge in [0.1, 0.15) is 6.04 Å². The number of amides is 3. The lowest BCUT2D eigenvalue weighted by atomic mass is 9.70. The fourth-order valence-electron chi connectivity index (χ4n) is 7.22. The zero-order valence-electron chi connectivity index (χ0n) is 23.7. The number of alkyl halides is 1. The summed E-state index contributed by atoms with van der Waals surface area (Å²) in [4.78, 5) is 48.3. The molecule has 1 spiro atoms. The highest BCUT2D eigenvalue weighted by atomic mass is 79.9. The normalized spacial score (nSPS) is 27.3. The molecule has 1 N–H and O–H groups in total. The molecule has 3 fully saturated rings. The molecule has 6 rings (SSSR count). The van der Waals surface area contributed by atoms with E-state index in [1.807, 2.05) is 72.8 Å². The van der Waals surface area contributed by atoms with Gasteiger partial charge in [-0.25, -0.2) is 0 Å². The molecular weight excluding hydrogens is 626 g/mol. The monoisotopic (exact) mass is 659 g/mol. The number of carbonyl (C=O) groups excluding carboxylic acids is 3. The fraction of sp³-hybridized carbons (Fsp3) is 0.324. The number of β-amino-alcohol motifs (C(OH)–C–C–N with tert-alkyl or cyclic N) is 1. The number of rotatable bonds is 10. The van der Waals surface area contributed by atoms with Gasteiger partial charge in [0, 0.05) is 41.1 Å². The number of thioether (sulfide) groups is 1. The average Bonchev–Trinajstić information content (AvgIpc) is 3.61. The zero-order chi connectivity index (χ0) is 30.3. The van der Waals surface area contributed by atoms with Crippen LogP contribution in [0.4, 0.5) is 11.4 Å². The Labute approximate surface area is 264 Å². The van der Waals surface area contributed by atoms with Crippen molar-refractivity contribution >= 4 is 67.6 Å². The van der Waals surface area contributed by atoms with Crippen molar-refractivity contribution in [2.24, 2.45) is 11.8 Å². The van der Waals surface area contributed by atoms with Gasteiger partial charge in [-0.15, -0.1) is 24.9 Å². The Kier molecular flexibility index (Phi) is 8.24. The van der Waals surface area contributed by atoms with Gasteiger partial charge >= 0.3 is 0 Å². The van der Waals surface area contributed by atoms with E-state index in [1.165, 1.54) is 4.90 Å². The van der Waals surface area contributed by atoms with Crippen molar-refractivity contribution in [2.45, 2.75) is 27.3 Å². The second-order valence-corrected chi connectivity index (χ2v) is 14.0. The fourth-order valence-corrected chi connectivity index (χ4v) is 10.8. The molecule has 3 amide bonds. The van der Waals surface area contributed by atoms with E-state index in [9.17, 15) is 19.5 Å². The maximum absolute atomic E-state index is 14.7. The van der Waals surface area contributed by atoms with Gasteiger partial charge in [-0.1, -0.05) is 76.6 Å². The van der Waals surface area contributed by atoms with Crippen molar-refractivity contribution in [1.29, 1.82) is 0 Å². The lowest BCUT2D eigenvalue weighted by molar-refractivity contribution is -0.139. The molecule has 222 valence electrons. The van der Waals surface area contributed by atoms with Gasteiger partial charge in [-0.2, -0.15) is 0 Å². The van der Waals surface area contributed by atoms with Crippen LogP contribution in [-0.4, -0.2) is 74.8 Å². The van der Waals surface area contributed by atoms with Gasteiger partial charge in [0.2, 0.25) is 11.8 Å². The van der Waals surface area contributed by atoms with Gasteiger partial charge in [-0.3, -0.25) is 14.4 Å². The number of hydrogen-bond donors (Lipinski definition) is 1. The van der Waals surface area contributed by atoms with E-state index in [2.05, 4.69) is 29.1 Å². The van der Waals surface area contributed by atoms with Crippen LogP contribution in [0, 0.1) is 11.8 Å². The molecule has 0 aromatic heterocycles. The van der Waals surface area contributed by atoms with E-state index >= 15 is 0 Å². The van der Waals surface area contributed by atoms with E-state index in [-0.39, 0.29) is 47.5 Å². The molecule has 2 bridgehead atoms. The van der Waals surface area contributed by atoms with Crippen LogP contribution in [0.2, 0.25) is 0 Å². The first kappa shape index (κ1) is 29.7. The minimum Gasteiger partial charge on any atom is -0.395 e. The van der Waals surface area contributed by atoms with Crippen molar-refractivity contribution in [3.8, 4) is 0 Å². The van der Waals surface area contributed by atoms with Gasteiger partial charge in [0.05, 0.1) is 23.2 Å². The molecule has 3 heterocycles. The van der Waals surface area contributed by atoms with Crippen LogP contribution in [-0.2, 0) is 14.4 Å². The third-order valence-electron chi connectivity index (χ3n) is 8.92. The summed E-state index contributed by atoms with van der Waals surface area (Å²) in [5, 5.41) is 11.9. The van der Waals surface area contributed by atoms with E-state index in [0.29, 0.717) is 18.7 Å². The number of aliphatic hydroxyl groups excluding tert-OH is 1. The maximum Gasteiger partial charge on any atom is 0.251 e. The Morgan fingerprint density at radius 3 is 2.28 bits per heavy atom. The summed E-state index contributed by atoms with van der Waals surface area (Å²) in [6.45, 7) is 8.06. The standard InChI is InChI=1S/C34H34BrN3O4S/c1-3-16-36(24-12-6-5-7-13-24)31(40)27-28-32(41)38(18-19-39)30(34(28)21-26(35)29(27)43-34)33(42)37(17-4-2)25-15-14-22-10-8-9-11-23(22)20-25/h3-15,20,26-30,39H,1-2,16-19,21H2/t26?,27-,28-,29-,30?,34?/m0/s1. The van der Waals surface area contributed by atoms with Crippen molar-refractivity contribution < 1.29 is 19.5 Å². The second kappa shape index (κ2) is 11.9. The first-order chi connectivity index (χ1) is 20.9. The third kappa shape index (κ3) is 4.82. The van der Waals surface area contributed by atoms with E-state index in [1.54, 1.807) is 33.7 Å². The summed E-state index contributed by atoms with van der Waals surface area (Å²) in [5.74, 6) is -1.96. The predicted molar refractivity (Wildman–Crippen MR) is 176 cm³/mol. The smallest absolute Gasteiger partial charge is 0.251 e. The molecule has 3 unspecified atom stereocenters. The summed E-state index contributed by atoms with van der Waals surface area (Å²) in [5.41, 5.74) is 1.45. The first-order valence-corrected chi connectivity index (χ1v) is 16.3. The molecule has 3 saturated heterocycles. The van der Waals surface area contributed by atoms with Crippen LogP contribution < -0.4 is 9.80 Å². The van der Waals surface area contributed by atoms with Crippen molar-refractivity contribution in [3.63, 3.8) is 0 Å². The van der Waals surface area contributed by atoms with Crippen LogP contribution >= 0.6 is 27.7 Å².